The van der Waals surface area contributed by atoms with Crippen LogP contribution in [-0.2, 0) is 0 Å². The zero-order valence-corrected chi connectivity index (χ0v) is 12.1. The van der Waals surface area contributed by atoms with Crippen LogP contribution in [-0.4, -0.2) is 0 Å². The summed E-state index contributed by atoms with van der Waals surface area (Å²) in [7, 11) is 0. The van der Waals surface area contributed by atoms with Gasteiger partial charge in [0.15, 0.2) is 0 Å². The highest BCUT2D eigenvalue weighted by Crippen LogP contribution is 2.53. The molecule has 1 saturated carbocycles. The van der Waals surface area contributed by atoms with Gasteiger partial charge >= 0.3 is 0 Å². The van der Waals surface area contributed by atoms with Crippen LogP contribution in [0, 0.1) is 5.92 Å². The molecule has 1 aliphatic rings. The molecular weight excluding hydrogens is 277 g/mol. The first-order chi connectivity index (χ1) is 8.75. The molecule has 19 heavy (non-hydrogen) atoms. The molecule has 2 aromatic carbocycles. The molecule has 1 nitrogen and oxygen atoms in total. The van der Waals surface area contributed by atoms with Gasteiger partial charge in [-0.15, -0.1) is 12.4 Å². The molecule has 0 spiro atoms. The lowest BCUT2D eigenvalue weighted by Gasteiger charge is -2.12. The van der Waals surface area contributed by atoms with Crippen molar-refractivity contribution < 1.29 is 0 Å². The zero-order chi connectivity index (χ0) is 12.5. The van der Waals surface area contributed by atoms with Gasteiger partial charge in [-0.25, -0.2) is 0 Å². The van der Waals surface area contributed by atoms with E-state index >= 15 is 0 Å². The van der Waals surface area contributed by atoms with Crippen molar-refractivity contribution in [2.75, 3.05) is 0 Å². The molecule has 2 aromatic rings. The summed E-state index contributed by atoms with van der Waals surface area (Å²) in [6.07, 6.45) is 1.19. The minimum Gasteiger partial charge on any atom is -0.324 e. The fourth-order valence-electron chi connectivity index (χ4n) is 2.63. The predicted molar refractivity (Wildman–Crippen MR) is 82.9 cm³/mol. The normalized spacial score (nSPS) is 22.4. The molecule has 100 valence electrons. The van der Waals surface area contributed by atoms with Crippen molar-refractivity contribution in [2.45, 2.75) is 18.4 Å². The zero-order valence-electron chi connectivity index (χ0n) is 10.5. The molecule has 0 radical (unpaired) electrons. The van der Waals surface area contributed by atoms with E-state index in [9.17, 15) is 0 Å². The summed E-state index contributed by atoms with van der Waals surface area (Å²) in [5.41, 5.74) is 8.93. The maximum absolute atomic E-state index is 6.34. The van der Waals surface area contributed by atoms with E-state index in [0.717, 1.165) is 5.02 Å². The number of benzene rings is 2. The summed E-state index contributed by atoms with van der Waals surface area (Å²) >= 11 is 5.90. The minimum absolute atomic E-state index is 0. The lowest BCUT2D eigenvalue weighted by Crippen LogP contribution is -2.13. The Kier molecular flexibility index (Phi) is 4.51. The Bertz CT molecular complexity index is 524. The van der Waals surface area contributed by atoms with E-state index in [1.165, 1.54) is 17.5 Å². The van der Waals surface area contributed by atoms with Gasteiger partial charge in [-0.1, -0.05) is 54.1 Å². The van der Waals surface area contributed by atoms with Crippen molar-refractivity contribution in [3.8, 4) is 0 Å². The average molecular weight is 294 g/mol. The second-order valence-corrected chi connectivity index (χ2v) is 5.43. The van der Waals surface area contributed by atoms with Gasteiger partial charge in [0, 0.05) is 11.1 Å². The Morgan fingerprint density at radius 1 is 1.00 bits per heavy atom. The molecule has 0 aliphatic heterocycles. The van der Waals surface area contributed by atoms with Crippen molar-refractivity contribution in [3.05, 3.63) is 70.7 Å². The molecule has 3 heteroatoms. The summed E-state index contributed by atoms with van der Waals surface area (Å²) in [6.45, 7) is 0. The van der Waals surface area contributed by atoms with Crippen LogP contribution in [0.2, 0.25) is 5.02 Å². The molecule has 3 rings (SSSR count). The molecule has 0 heterocycles. The van der Waals surface area contributed by atoms with Gasteiger partial charge in [-0.05, 0) is 41.5 Å². The Balaban J connectivity index is 0.00000133. The summed E-state index contributed by atoms with van der Waals surface area (Å²) < 4.78 is 0. The Morgan fingerprint density at radius 2 is 1.63 bits per heavy atom. The van der Waals surface area contributed by atoms with E-state index < -0.39 is 0 Å². The molecule has 0 saturated heterocycles. The van der Waals surface area contributed by atoms with Crippen molar-refractivity contribution in [2.24, 2.45) is 11.7 Å². The largest absolute Gasteiger partial charge is 0.324 e. The number of halogens is 2. The van der Waals surface area contributed by atoms with Crippen LogP contribution < -0.4 is 5.73 Å². The number of nitrogens with two attached hydrogens (primary N) is 1. The summed E-state index contributed by atoms with van der Waals surface area (Å²) in [5, 5.41) is 0.765. The highest BCUT2D eigenvalue weighted by Gasteiger charge is 2.42. The fraction of sp³-hybridized carbons (Fsp3) is 0.250. The SMILES string of the molecule is Cl.NC(c1ccc(Cl)cc1)C1CC1c1ccccc1. The second-order valence-electron chi connectivity index (χ2n) is 4.99. The molecule has 3 atom stereocenters. The van der Waals surface area contributed by atoms with E-state index in [4.69, 9.17) is 17.3 Å². The van der Waals surface area contributed by atoms with E-state index in [0.29, 0.717) is 11.8 Å². The average Bonchev–Trinajstić information content (AvgIpc) is 3.20. The Hall–Kier alpha value is -1.02. The molecule has 2 N–H and O–H groups in total. The van der Waals surface area contributed by atoms with Crippen LogP contribution in [0.25, 0.3) is 0 Å². The maximum atomic E-state index is 6.34. The van der Waals surface area contributed by atoms with Crippen LogP contribution in [0.3, 0.4) is 0 Å². The number of rotatable bonds is 3. The Labute approximate surface area is 125 Å². The summed E-state index contributed by atoms with van der Waals surface area (Å²) in [4.78, 5) is 0. The maximum Gasteiger partial charge on any atom is 0.0406 e. The van der Waals surface area contributed by atoms with Gasteiger partial charge in [0.05, 0.1) is 0 Å². The Morgan fingerprint density at radius 3 is 2.26 bits per heavy atom. The number of hydrogen-bond acceptors (Lipinski definition) is 1. The van der Waals surface area contributed by atoms with Crippen molar-refractivity contribution in [1.82, 2.24) is 0 Å². The van der Waals surface area contributed by atoms with Gasteiger partial charge in [0.1, 0.15) is 0 Å². The summed E-state index contributed by atoms with van der Waals surface area (Å²) in [6, 6.07) is 18.6. The third-order valence-electron chi connectivity index (χ3n) is 3.78. The fourth-order valence-corrected chi connectivity index (χ4v) is 2.75. The lowest BCUT2D eigenvalue weighted by molar-refractivity contribution is 0.616. The minimum atomic E-state index is 0. The van der Waals surface area contributed by atoms with Gasteiger partial charge in [-0.2, -0.15) is 0 Å². The summed E-state index contributed by atoms with van der Waals surface area (Å²) in [5.74, 6) is 1.19. The second kappa shape index (κ2) is 5.96. The van der Waals surface area contributed by atoms with Crippen LogP contribution in [0.4, 0.5) is 0 Å². The predicted octanol–water partition coefficient (Wildman–Crippen LogP) is 4.57. The highest BCUT2D eigenvalue weighted by molar-refractivity contribution is 6.30. The van der Waals surface area contributed by atoms with Crippen molar-refractivity contribution in [1.29, 1.82) is 0 Å². The monoisotopic (exact) mass is 293 g/mol. The van der Waals surface area contributed by atoms with Gasteiger partial charge < -0.3 is 5.73 Å². The molecule has 3 unspecified atom stereocenters. The highest BCUT2D eigenvalue weighted by atomic mass is 35.5. The standard InChI is InChI=1S/C16H16ClN.ClH/c17-13-8-6-12(7-9-13)16(18)15-10-14(15)11-4-2-1-3-5-11;/h1-9,14-16H,10,18H2;1H. The molecule has 0 bridgehead atoms. The van der Waals surface area contributed by atoms with E-state index in [1.807, 2.05) is 24.3 Å². The lowest BCUT2D eigenvalue weighted by atomic mass is 10.00. The quantitative estimate of drug-likeness (QED) is 0.882. The van der Waals surface area contributed by atoms with E-state index in [-0.39, 0.29) is 18.4 Å². The molecule has 1 fully saturated rings. The molecule has 0 amide bonds. The van der Waals surface area contributed by atoms with Gasteiger partial charge in [-0.3, -0.25) is 0 Å². The first kappa shape index (κ1) is 14.4. The van der Waals surface area contributed by atoms with Gasteiger partial charge in [0.2, 0.25) is 0 Å². The first-order valence-corrected chi connectivity index (χ1v) is 6.69. The van der Waals surface area contributed by atoms with Crippen LogP contribution >= 0.6 is 24.0 Å². The molecular formula is C16H17Cl2N. The topological polar surface area (TPSA) is 26.0 Å². The molecule has 0 aromatic heterocycles. The van der Waals surface area contributed by atoms with Crippen LogP contribution in [0.15, 0.2) is 54.6 Å². The van der Waals surface area contributed by atoms with Crippen molar-refractivity contribution in [3.63, 3.8) is 0 Å². The van der Waals surface area contributed by atoms with Crippen molar-refractivity contribution >= 4 is 24.0 Å². The smallest absolute Gasteiger partial charge is 0.0406 e. The van der Waals surface area contributed by atoms with E-state index in [1.54, 1.807) is 0 Å². The van der Waals surface area contributed by atoms with Crippen LogP contribution in [0.5, 0.6) is 0 Å². The third-order valence-corrected chi connectivity index (χ3v) is 4.04. The van der Waals surface area contributed by atoms with Crippen LogP contribution in [0.1, 0.15) is 29.5 Å². The van der Waals surface area contributed by atoms with E-state index in [2.05, 4.69) is 30.3 Å². The third kappa shape index (κ3) is 3.11. The first-order valence-electron chi connectivity index (χ1n) is 6.31. The number of hydrogen-bond donors (Lipinski definition) is 1. The van der Waals surface area contributed by atoms with Gasteiger partial charge in [0.25, 0.3) is 0 Å². The molecule has 1 aliphatic carbocycles.